The molecule has 0 atom stereocenters. The number of Topliss-reactive ketones (excluding diaryl/α,β-unsaturated/α-hetero) is 1. The molecule has 0 N–H and O–H groups in total. The van der Waals surface area contributed by atoms with Gasteiger partial charge in [0.25, 0.3) is 5.56 Å². The number of aromatic nitrogens is 2. The van der Waals surface area contributed by atoms with Gasteiger partial charge in [-0.15, -0.1) is 0 Å². The largest absolute Gasteiger partial charge is 0.293 e. The highest BCUT2D eigenvalue weighted by molar-refractivity contribution is 6.00. The van der Waals surface area contributed by atoms with Crippen molar-refractivity contribution in [3.8, 4) is 5.69 Å². The van der Waals surface area contributed by atoms with E-state index < -0.39 is 5.41 Å². The lowest BCUT2D eigenvalue weighted by Gasteiger charge is -2.15. The predicted molar refractivity (Wildman–Crippen MR) is 79.5 cm³/mol. The molecule has 0 saturated carbocycles. The van der Waals surface area contributed by atoms with Crippen molar-refractivity contribution in [2.24, 2.45) is 12.5 Å². The van der Waals surface area contributed by atoms with Gasteiger partial charge in [0.2, 0.25) is 0 Å². The molecule has 2 rings (SSSR count). The number of carbonyl (C=O) groups is 1. The minimum Gasteiger partial charge on any atom is -0.293 e. The zero-order chi connectivity index (χ0) is 15.1. The number of hydrogen-bond acceptors (Lipinski definition) is 2. The van der Waals surface area contributed by atoms with Crippen molar-refractivity contribution < 1.29 is 4.79 Å². The van der Waals surface area contributed by atoms with Crippen molar-refractivity contribution in [2.75, 3.05) is 0 Å². The van der Waals surface area contributed by atoms with Crippen LogP contribution < -0.4 is 5.56 Å². The van der Waals surface area contributed by atoms with Crippen molar-refractivity contribution in [2.45, 2.75) is 27.7 Å². The highest BCUT2D eigenvalue weighted by Crippen LogP contribution is 2.21. The zero-order valence-corrected chi connectivity index (χ0v) is 12.6. The number of para-hydroxylation sites is 1. The standard InChI is InChI=1S/C16H20N2O2/c1-11-13(14(19)16(2,3)4)15(20)18(17(11)5)12-9-7-6-8-10-12/h6-10H,1-5H3. The summed E-state index contributed by atoms with van der Waals surface area (Å²) in [6.07, 6.45) is 0. The van der Waals surface area contributed by atoms with Crippen molar-refractivity contribution in [3.05, 3.63) is 51.9 Å². The number of ketones is 1. The van der Waals surface area contributed by atoms with Gasteiger partial charge in [0.05, 0.1) is 5.69 Å². The van der Waals surface area contributed by atoms with E-state index in [1.807, 2.05) is 51.1 Å². The summed E-state index contributed by atoms with van der Waals surface area (Å²) in [4.78, 5) is 25.1. The zero-order valence-electron chi connectivity index (χ0n) is 12.6. The Balaban J connectivity index is 2.71. The molecule has 0 fully saturated rings. The smallest absolute Gasteiger partial charge is 0.282 e. The van der Waals surface area contributed by atoms with Gasteiger partial charge < -0.3 is 0 Å². The highest BCUT2D eigenvalue weighted by Gasteiger charge is 2.30. The Bertz CT molecular complexity index is 701. The molecular formula is C16H20N2O2. The fraction of sp³-hybridized carbons (Fsp3) is 0.375. The molecule has 0 radical (unpaired) electrons. The lowest BCUT2D eigenvalue weighted by Crippen LogP contribution is -2.28. The van der Waals surface area contributed by atoms with E-state index in [0.29, 0.717) is 5.69 Å². The molecule has 4 heteroatoms. The van der Waals surface area contributed by atoms with Crippen LogP contribution in [0.5, 0.6) is 0 Å². The van der Waals surface area contributed by atoms with Crippen LogP contribution in [0.3, 0.4) is 0 Å². The molecule has 1 heterocycles. The molecule has 2 aromatic rings. The normalized spacial score (nSPS) is 11.7. The molecule has 0 aliphatic carbocycles. The molecular weight excluding hydrogens is 252 g/mol. The molecule has 0 bridgehead atoms. The summed E-state index contributed by atoms with van der Waals surface area (Å²) < 4.78 is 3.27. The van der Waals surface area contributed by atoms with Crippen LogP contribution in [0.15, 0.2) is 35.1 Å². The van der Waals surface area contributed by atoms with Crippen LogP contribution in [0.4, 0.5) is 0 Å². The van der Waals surface area contributed by atoms with Gasteiger partial charge in [0.15, 0.2) is 5.78 Å². The number of nitrogens with zero attached hydrogens (tertiary/aromatic N) is 2. The van der Waals surface area contributed by atoms with Crippen molar-refractivity contribution in [1.29, 1.82) is 0 Å². The summed E-state index contributed by atoms with van der Waals surface area (Å²) >= 11 is 0. The molecule has 1 aromatic carbocycles. The topological polar surface area (TPSA) is 44.0 Å². The minimum absolute atomic E-state index is 0.120. The van der Waals surface area contributed by atoms with Gasteiger partial charge in [-0.05, 0) is 19.1 Å². The first-order valence-electron chi connectivity index (χ1n) is 6.64. The molecule has 1 aromatic heterocycles. The van der Waals surface area contributed by atoms with E-state index in [2.05, 4.69) is 0 Å². The summed E-state index contributed by atoms with van der Waals surface area (Å²) in [6, 6.07) is 9.34. The van der Waals surface area contributed by atoms with E-state index in [9.17, 15) is 9.59 Å². The Kier molecular flexibility index (Phi) is 3.42. The van der Waals surface area contributed by atoms with Gasteiger partial charge in [0.1, 0.15) is 5.56 Å². The fourth-order valence-corrected chi connectivity index (χ4v) is 2.20. The molecule has 4 nitrogen and oxygen atoms in total. The van der Waals surface area contributed by atoms with E-state index in [4.69, 9.17) is 0 Å². The second-order valence-electron chi connectivity index (χ2n) is 6.02. The monoisotopic (exact) mass is 272 g/mol. The van der Waals surface area contributed by atoms with Gasteiger partial charge in [-0.1, -0.05) is 39.0 Å². The summed E-state index contributed by atoms with van der Waals surface area (Å²) in [5, 5.41) is 0. The highest BCUT2D eigenvalue weighted by atomic mass is 16.2. The third-order valence-electron chi connectivity index (χ3n) is 3.46. The lowest BCUT2D eigenvalue weighted by molar-refractivity contribution is 0.0856. The minimum atomic E-state index is -0.570. The van der Waals surface area contributed by atoms with Crippen LogP contribution in [-0.2, 0) is 7.05 Å². The van der Waals surface area contributed by atoms with Gasteiger partial charge in [-0.2, -0.15) is 0 Å². The number of benzene rings is 1. The number of hydrogen-bond donors (Lipinski definition) is 0. The summed E-state index contributed by atoms with van der Waals surface area (Å²) in [5.41, 5.74) is 0.912. The number of rotatable bonds is 2. The maximum absolute atomic E-state index is 12.6. The summed E-state index contributed by atoms with van der Waals surface area (Å²) in [5.74, 6) is -0.120. The van der Waals surface area contributed by atoms with Gasteiger partial charge in [-0.3, -0.25) is 14.3 Å². The van der Waals surface area contributed by atoms with E-state index in [-0.39, 0.29) is 16.9 Å². The molecule has 0 aliphatic rings. The van der Waals surface area contributed by atoms with Crippen molar-refractivity contribution in [3.63, 3.8) is 0 Å². The van der Waals surface area contributed by atoms with Gasteiger partial charge in [0, 0.05) is 18.2 Å². The molecule has 20 heavy (non-hydrogen) atoms. The maximum atomic E-state index is 12.6. The van der Waals surface area contributed by atoms with E-state index in [1.165, 1.54) is 4.68 Å². The van der Waals surface area contributed by atoms with Crippen molar-refractivity contribution in [1.82, 2.24) is 9.36 Å². The molecule has 0 spiro atoms. The van der Waals surface area contributed by atoms with E-state index in [1.54, 1.807) is 18.7 Å². The summed E-state index contributed by atoms with van der Waals surface area (Å²) in [6.45, 7) is 7.29. The molecule has 106 valence electrons. The summed E-state index contributed by atoms with van der Waals surface area (Å²) in [7, 11) is 1.79. The second-order valence-corrected chi connectivity index (χ2v) is 6.02. The average Bonchev–Trinajstić information content (AvgIpc) is 2.60. The Labute approximate surface area is 118 Å². The Hall–Kier alpha value is -2.10. The van der Waals surface area contributed by atoms with Crippen LogP contribution in [-0.4, -0.2) is 15.1 Å². The van der Waals surface area contributed by atoms with Crippen LogP contribution >= 0.6 is 0 Å². The van der Waals surface area contributed by atoms with Crippen LogP contribution in [0.2, 0.25) is 0 Å². The first-order valence-corrected chi connectivity index (χ1v) is 6.64. The lowest BCUT2D eigenvalue weighted by atomic mass is 9.86. The first-order chi connectivity index (χ1) is 9.25. The third-order valence-corrected chi connectivity index (χ3v) is 3.46. The van der Waals surface area contributed by atoms with Crippen LogP contribution in [0.1, 0.15) is 36.8 Å². The maximum Gasteiger partial charge on any atom is 0.282 e. The van der Waals surface area contributed by atoms with Gasteiger partial charge in [-0.25, -0.2) is 4.68 Å². The Morgan fingerprint density at radius 1 is 1.10 bits per heavy atom. The van der Waals surface area contributed by atoms with Gasteiger partial charge >= 0.3 is 0 Å². The quantitative estimate of drug-likeness (QED) is 0.789. The van der Waals surface area contributed by atoms with E-state index in [0.717, 1.165) is 5.69 Å². The third kappa shape index (κ3) is 2.22. The van der Waals surface area contributed by atoms with E-state index >= 15 is 0 Å². The Morgan fingerprint density at radius 2 is 1.65 bits per heavy atom. The van der Waals surface area contributed by atoms with Crippen LogP contribution in [0, 0.1) is 12.3 Å². The molecule has 0 amide bonds. The molecule has 0 saturated heterocycles. The molecule has 0 aliphatic heterocycles. The predicted octanol–water partition coefficient (Wildman–Crippen LogP) is 2.71. The second kappa shape index (κ2) is 4.78. The fourth-order valence-electron chi connectivity index (χ4n) is 2.20. The number of carbonyl (C=O) groups excluding carboxylic acids is 1. The first kappa shape index (κ1) is 14.3. The Morgan fingerprint density at radius 3 is 2.15 bits per heavy atom. The van der Waals surface area contributed by atoms with Crippen LogP contribution in [0.25, 0.3) is 5.69 Å². The molecule has 0 unspecified atom stereocenters. The SMILES string of the molecule is Cc1c(C(=O)C(C)(C)C)c(=O)n(-c2ccccc2)n1C. The average molecular weight is 272 g/mol. The van der Waals surface area contributed by atoms with Crippen molar-refractivity contribution >= 4 is 5.78 Å².